The molecular formula is C14H19NO5S. The summed E-state index contributed by atoms with van der Waals surface area (Å²) in [5, 5.41) is 9.32. The van der Waals surface area contributed by atoms with E-state index in [4.69, 9.17) is 4.74 Å². The monoisotopic (exact) mass is 313 g/mol. The zero-order chi connectivity index (χ0) is 16.2. The molecule has 2 heterocycles. The van der Waals surface area contributed by atoms with Crippen LogP contribution in [0.4, 0.5) is 0 Å². The summed E-state index contributed by atoms with van der Waals surface area (Å²) in [6.45, 7) is 7.08. The molecule has 0 spiro atoms. The van der Waals surface area contributed by atoms with E-state index >= 15 is 0 Å². The average Bonchev–Trinajstić information content (AvgIpc) is 2.85. The third-order valence-corrected chi connectivity index (χ3v) is 5.58. The summed E-state index contributed by atoms with van der Waals surface area (Å²) >= 11 is 1.38. The number of Topliss-reactive ketones (excluding diaryl/α,β-unsaturated/α-hetero) is 1. The first-order valence-electron chi connectivity index (χ1n) is 6.57. The highest BCUT2D eigenvalue weighted by atomic mass is 32.2. The van der Waals surface area contributed by atoms with Gasteiger partial charge in [-0.25, -0.2) is 4.79 Å². The van der Waals surface area contributed by atoms with Gasteiger partial charge in [-0.15, -0.1) is 11.8 Å². The second-order valence-electron chi connectivity index (χ2n) is 6.35. The Bertz CT molecular complexity index is 558. The molecule has 6 nitrogen and oxygen atoms in total. The van der Waals surface area contributed by atoms with E-state index in [-0.39, 0.29) is 27.9 Å². The fourth-order valence-electron chi connectivity index (χ4n) is 2.80. The number of amides is 1. The number of carbonyl (C=O) groups excluding carboxylic acids is 3. The molecule has 0 aromatic carbocycles. The van der Waals surface area contributed by atoms with Crippen molar-refractivity contribution >= 4 is 29.4 Å². The maximum Gasteiger partial charge on any atom is 0.340 e. The topological polar surface area (TPSA) is 83.9 Å². The van der Waals surface area contributed by atoms with Crippen LogP contribution in [0.15, 0.2) is 11.3 Å². The third-order valence-electron chi connectivity index (χ3n) is 3.76. The molecule has 0 saturated carbocycles. The van der Waals surface area contributed by atoms with E-state index in [1.807, 2.05) is 20.8 Å². The predicted molar refractivity (Wildman–Crippen MR) is 77.6 cm³/mol. The first kappa shape index (κ1) is 15.9. The summed E-state index contributed by atoms with van der Waals surface area (Å²) in [7, 11) is 1.19. The molecule has 2 aliphatic rings. The van der Waals surface area contributed by atoms with Gasteiger partial charge in [-0.3, -0.25) is 9.59 Å². The molecule has 2 aliphatic heterocycles. The van der Waals surface area contributed by atoms with E-state index < -0.39 is 23.2 Å². The van der Waals surface area contributed by atoms with Crippen molar-refractivity contribution in [3.63, 3.8) is 0 Å². The van der Waals surface area contributed by atoms with Gasteiger partial charge in [0, 0.05) is 5.75 Å². The number of ketones is 1. The van der Waals surface area contributed by atoms with Gasteiger partial charge in [0.05, 0.1) is 12.5 Å². The first-order valence-corrected chi connectivity index (χ1v) is 7.62. The van der Waals surface area contributed by atoms with Gasteiger partial charge in [-0.1, -0.05) is 20.8 Å². The lowest BCUT2D eigenvalue weighted by atomic mass is 9.91. The Kier molecular flexibility index (Phi) is 3.60. The second kappa shape index (κ2) is 4.76. The zero-order valence-corrected chi connectivity index (χ0v) is 13.5. The molecule has 0 unspecified atom stereocenters. The molecule has 116 valence electrons. The van der Waals surface area contributed by atoms with E-state index in [0.717, 1.165) is 0 Å². The normalized spacial score (nSPS) is 31.5. The number of nitrogens with zero attached hydrogens (tertiary/aromatic N) is 1. The van der Waals surface area contributed by atoms with Crippen LogP contribution in [0, 0.1) is 5.41 Å². The van der Waals surface area contributed by atoms with Crippen molar-refractivity contribution in [1.29, 1.82) is 0 Å². The quantitative estimate of drug-likeness (QED) is 0.258. The largest absolute Gasteiger partial charge is 0.512 e. The number of hydrogen-bond acceptors (Lipinski definition) is 6. The third kappa shape index (κ3) is 1.97. The molecule has 0 radical (unpaired) electrons. The molecule has 0 aromatic rings. The van der Waals surface area contributed by atoms with Crippen molar-refractivity contribution in [1.82, 2.24) is 4.90 Å². The second-order valence-corrected chi connectivity index (χ2v) is 7.41. The van der Waals surface area contributed by atoms with Gasteiger partial charge in [-0.05, 0) is 12.3 Å². The highest BCUT2D eigenvalue weighted by molar-refractivity contribution is 8.00. The van der Waals surface area contributed by atoms with Crippen LogP contribution >= 0.6 is 11.8 Å². The van der Waals surface area contributed by atoms with Crippen molar-refractivity contribution < 1.29 is 24.2 Å². The van der Waals surface area contributed by atoms with Crippen LogP contribution in [-0.2, 0) is 19.1 Å². The van der Waals surface area contributed by atoms with Crippen LogP contribution in [0.5, 0.6) is 0 Å². The van der Waals surface area contributed by atoms with Crippen LogP contribution in [0.2, 0.25) is 0 Å². The Labute approximate surface area is 127 Å². The Morgan fingerprint density at radius 2 is 2.00 bits per heavy atom. The average molecular weight is 313 g/mol. The summed E-state index contributed by atoms with van der Waals surface area (Å²) in [5.41, 5.74) is -2.28. The SMILES string of the molecule is COC(=O)[C@]12CS[C@H](C(C)(C)C)N1C(=O)/C(=C(/C)O)C2=O. The van der Waals surface area contributed by atoms with E-state index in [2.05, 4.69) is 0 Å². The van der Waals surface area contributed by atoms with E-state index in [9.17, 15) is 19.5 Å². The van der Waals surface area contributed by atoms with Crippen molar-refractivity contribution in [2.75, 3.05) is 12.9 Å². The fraction of sp³-hybridized carbons (Fsp3) is 0.643. The lowest BCUT2D eigenvalue weighted by molar-refractivity contribution is -0.159. The fourth-order valence-corrected chi connectivity index (χ4v) is 4.51. The molecule has 0 bridgehead atoms. The van der Waals surface area contributed by atoms with Crippen molar-refractivity contribution in [3.05, 3.63) is 11.3 Å². The smallest absolute Gasteiger partial charge is 0.340 e. The minimum atomic E-state index is -1.65. The highest BCUT2D eigenvalue weighted by Crippen LogP contribution is 2.50. The van der Waals surface area contributed by atoms with Gasteiger partial charge in [0.1, 0.15) is 11.3 Å². The lowest BCUT2D eigenvalue weighted by Gasteiger charge is -2.36. The molecule has 2 saturated heterocycles. The number of fused-ring (bicyclic) bond motifs is 1. The van der Waals surface area contributed by atoms with E-state index in [1.165, 1.54) is 30.7 Å². The number of rotatable bonds is 1. The first-order chi connectivity index (χ1) is 9.59. The number of allylic oxidation sites excluding steroid dienone is 1. The maximum absolute atomic E-state index is 12.6. The molecule has 2 fully saturated rings. The molecule has 1 N–H and O–H groups in total. The number of hydrogen-bond donors (Lipinski definition) is 1. The van der Waals surface area contributed by atoms with Gasteiger partial charge < -0.3 is 14.7 Å². The summed E-state index contributed by atoms with van der Waals surface area (Å²) in [6.07, 6.45) is 0. The Morgan fingerprint density at radius 3 is 2.43 bits per heavy atom. The van der Waals surface area contributed by atoms with Gasteiger partial charge in [0.25, 0.3) is 5.91 Å². The molecule has 7 heteroatoms. The Morgan fingerprint density at radius 1 is 1.43 bits per heavy atom. The number of aliphatic hydroxyl groups is 1. The molecule has 2 atom stereocenters. The zero-order valence-electron chi connectivity index (χ0n) is 12.7. The molecular weight excluding hydrogens is 294 g/mol. The van der Waals surface area contributed by atoms with Gasteiger partial charge >= 0.3 is 5.97 Å². The van der Waals surface area contributed by atoms with Crippen LogP contribution in [0.25, 0.3) is 0 Å². The van der Waals surface area contributed by atoms with Gasteiger partial charge in [0.15, 0.2) is 0 Å². The van der Waals surface area contributed by atoms with E-state index in [1.54, 1.807) is 0 Å². The van der Waals surface area contributed by atoms with Gasteiger partial charge in [0.2, 0.25) is 11.3 Å². The molecule has 0 aliphatic carbocycles. The number of methoxy groups -OCH3 is 1. The van der Waals surface area contributed by atoms with Crippen LogP contribution < -0.4 is 0 Å². The summed E-state index contributed by atoms with van der Waals surface area (Å²) < 4.78 is 4.78. The van der Waals surface area contributed by atoms with Crippen molar-refractivity contribution in [3.8, 4) is 0 Å². The number of esters is 1. The summed E-state index contributed by atoms with van der Waals surface area (Å²) in [4.78, 5) is 38.8. The van der Waals surface area contributed by atoms with Crippen LogP contribution in [-0.4, -0.2) is 51.4 Å². The Hall–Kier alpha value is -1.50. The lowest BCUT2D eigenvalue weighted by Crippen LogP contribution is -2.57. The Balaban J connectivity index is 2.66. The minimum absolute atomic E-state index is 0.142. The maximum atomic E-state index is 12.6. The molecule has 2 rings (SSSR count). The number of thioether (sulfide) groups is 1. The number of ether oxygens (including phenoxy) is 1. The molecule has 21 heavy (non-hydrogen) atoms. The van der Waals surface area contributed by atoms with Crippen LogP contribution in [0.3, 0.4) is 0 Å². The van der Waals surface area contributed by atoms with Crippen LogP contribution in [0.1, 0.15) is 27.7 Å². The summed E-state index contributed by atoms with van der Waals surface area (Å²) in [6, 6.07) is 0. The van der Waals surface area contributed by atoms with E-state index in [0.29, 0.717) is 0 Å². The number of carbonyl (C=O) groups is 3. The predicted octanol–water partition coefficient (Wildman–Crippen LogP) is 1.26. The highest BCUT2D eigenvalue weighted by Gasteiger charge is 2.68. The van der Waals surface area contributed by atoms with Gasteiger partial charge in [-0.2, -0.15) is 0 Å². The number of aliphatic hydroxyl groups excluding tert-OH is 1. The minimum Gasteiger partial charge on any atom is -0.512 e. The molecule has 0 aromatic heterocycles. The van der Waals surface area contributed by atoms with Crippen molar-refractivity contribution in [2.45, 2.75) is 38.6 Å². The van der Waals surface area contributed by atoms with Crippen molar-refractivity contribution in [2.24, 2.45) is 5.41 Å². The standard InChI is InChI=1S/C14H19NO5S/c1-7(16)8-9(17)14(12(19)20-5)6-21-11(13(2,3)4)15(14)10(8)18/h11,16H,6H2,1-5H3/b8-7-/t11-,14-/m1/s1. The summed E-state index contributed by atoms with van der Waals surface area (Å²) in [5.74, 6) is -2.24. The molecule has 1 amide bonds.